The number of rotatable bonds is 4. The summed E-state index contributed by atoms with van der Waals surface area (Å²) in [6.07, 6.45) is 6.44. The van der Waals surface area contributed by atoms with E-state index in [1.165, 1.54) is 6.42 Å². The molecule has 1 saturated carbocycles. The fourth-order valence-electron chi connectivity index (χ4n) is 2.36. The molecule has 2 N–H and O–H groups in total. The van der Waals surface area contributed by atoms with E-state index in [-0.39, 0.29) is 5.91 Å². The van der Waals surface area contributed by atoms with Crippen LogP contribution in [0.4, 0.5) is 5.82 Å². The summed E-state index contributed by atoms with van der Waals surface area (Å²) in [5.74, 6) is 0.495. The van der Waals surface area contributed by atoms with Gasteiger partial charge in [-0.25, -0.2) is 0 Å². The lowest BCUT2D eigenvalue weighted by molar-refractivity contribution is 0.101. The summed E-state index contributed by atoms with van der Waals surface area (Å²) in [7, 11) is 0. The molecule has 1 aliphatic carbocycles. The zero-order valence-corrected chi connectivity index (χ0v) is 11.0. The zero-order valence-electron chi connectivity index (χ0n) is 11.0. The molecule has 1 aliphatic rings. The maximum Gasteiger partial charge on any atom is 0.273 e. The van der Waals surface area contributed by atoms with Crippen LogP contribution in [0.5, 0.6) is 0 Å². The Hall–Kier alpha value is -2.04. The number of carbonyl (C=O) groups is 1. The number of nitrogens with one attached hydrogen (secondary N) is 2. The smallest absolute Gasteiger partial charge is 0.273 e. The van der Waals surface area contributed by atoms with Crippen LogP contribution in [0.3, 0.4) is 0 Å². The Labute approximate surface area is 112 Å². The third kappa shape index (κ3) is 2.28. The van der Waals surface area contributed by atoms with E-state index in [2.05, 4.69) is 20.1 Å². The molecular formula is C14H18N4O. The number of anilines is 1. The molecule has 5 heteroatoms. The van der Waals surface area contributed by atoms with Gasteiger partial charge in [0.2, 0.25) is 0 Å². The van der Waals surface area contributed by atoms with E-state index in [1.807, 2.05) is 31.3 Å². The van der Waals surface area contributed by atoms with Gasteiger partial charge < -0.3 is 9.88 Å². The van der Waals surface area contributed by atoms with Crippen molar-refractivity contribution in [2.75, 3.05) is 5.32 Å². The lowest BCUT2D eigenvalue weighted by atomic mass is 9.93. The van der Waals surface area contributed by atoms with Crippen LogP contribution >= 0.6 is 0 Å². The van der Waals surface area contributed by atoms with Crippen LogP contribution in [-0.4, -0.2) is 20.7 Å². The summed E-state index contributed by atoms with van der Waals surface area (Å²) in [4.78, 5) is 12.3. The van der Waals surface area contributed by atoms with Crippen LogP contribution in [0.2, 0.25) is 0 Å². The quantitative estimate of drug-likeness (QED) is 0.885. The topological polar surface area (TPSA) is 62.7 Å². The van der Waals surface area contributed by atoms with Gasteiger partial charge in [-0.1, -0.05) is 6.92 Å². The minimum atomic E-state index is -0.0916. The number of carbonyl (C=O) groups excluding carboxylic acids is 1. The van der Waals surface area contributed by atoms with Crippen LogP contribution in [-0.2, 0) is 6.42 Å². The Morgan fingerprint density at radius 3 is 3.05 bits per heavy atom. The van der Waals surface area contributed by atoms with Gasteiger partial charge in [0.25, 0.3) is 5.91 Å². The van der Waals surface area contributed by atoms with Crippen LogP contribution < -0.4 is 5.32 Å². The lowest BCUT2D eigenvalue weighted by Crippen LogP contribution is -2.23. The lowest BCUT2D eigenvalue weighted by Gasteiger charge is -2.28. The van der Waals surface area contributed by atoms with E-state index >= 15 is 0 Å². The van der Waals surface area contributed by atoms with Gasteiger partial charge in [0.15, 0.2) is 5.82 Å². The molecule has 3 rings (SSSR count). The molecule has 100 valence electrons. The fourth-order valence-corrected chi connectivity index (χ4v) is 2.36. The first-order chi connectivity index (χ1) is 9.28. The highest BCUT2D eigenvalue weighted by atomic mass is 16.2. The van der Waals surface area contributed by atoms with E-state index in [4.69, 9.17) is 0 Å². The van der Waals surface area contributed by atoms with Gasteiger partial charge in [0.05, 0.1) is 0 Å². The van der Waals surface area contributed by atoms with E-state index in [1.54, 1.807) is 0 Å². The fraction of sp³-hybridized carbons (Fsp3) is 0.429. The molecule has 5 nitrogen and oxygen atoms in total. The molecule has 0 unspecified atom stereocenters. The number of aryl methyl sites for hydroxylation is 1. The maximum atomic E-state index is 12.3. The standard InChI is InChI=1S/C14H18N4O/c1-2-10-9-13(17-16-10)15-14(19)12-7-4-8-18(12)11-5-3-6-11/h4,7-9,11H,2-3,5-6H2,1H3,(H2,15,16,17,19). The van der Waals surface area contributed by atoms with Crippen LogP contribution in [0.15, 0.2) is 24.4 Å². The van der Waals surface area contributed by atoms with Crippen molar-refractivity contribution in [3.63, 3.8) is 0 Å². The van der Waals surface area contributed by atoms with E-state index in [9.17, 15) is 4.79 Å². The molecule has 1 amide bonds. The second kappa shape index (κ2) is 4.91. The number of hydrogen-bond donors (Lipinski definition) is 2. The normalized spacial score (nSPS) is 15.2. The summed E-state index contributed by atoms with van der Waals surface area (Å²) >= 11 is 0. The van der Waals surface area contributed by atoms with Crippen molar-refractivity contribution < 1.29 is 4.79 Å². The Balaban J connectivity index is 1.74. The van der Waals surface area contributed by atoms with E-state index in [0.717, 1.165) is 25.0 Å². The average molecular weight is 258 g/mol. The molecular weight excluding hydrogens is 240 g/mol. The van der Waals surface area contributed by atoms with Gasteiger partial charge in [-0.3, -0.25) is 9.89 Å². The van der Waals surface area contributed by atoms with Crippen molar-refractivity contribution in [1.29, 1.82) is 0 Å². The van der Waals surface area contributed by atoms with Crippen molar-refractivity contribution in [3.05, 3.63) is 35.8 Å². The third-order valence-electron chi connectivity index (χ3n) is 3.73. The first kappa shape index (κ1) is 12.0. The van der Waals surface area contributed by atoms with Gasteiger partial charge in [-0.05, 0) is 37.8 Å². The monoisotopic (exact) mass is 258 g/mol. The predicted octanol–water partition coefficient (Wildman–Crippen LogP) is 2.75. The summed E-state index contributed by atoms with van der Waals surface area (Å²) in [6, 6.07) is 6.14. The minimum absolute atomic E-state index is 0.0916. The molecule has 1 fully saturated rings. The second-order valence-electron chi connectivity index (χ2n) is 4.97. The van der Waals surface area contributed by atoms with Crippen LogP contribution in [0.1, 0.15) is 48.4 Å². The molecule has 0 aliphatic heterocycles. The third-order valence-corrected chi connectivity index (χ3v) is 3.73. The summed E-state index contributed by atoms with van der Waals surface area (Å²) in [5, 5.41) is 9.81. The van der Waals surface area contributed by atoms with Crippen LogP contribution in [0, 0.1) is 0 Å². The van der Waals surface area contributed by atoms with Crippen molar-refractivity contribution in [2.45, 2.75) is 38.6 Å². The highest BCUT2D eigenvalue weighted by Crippen LogP contribution is 2.32. The van der Waals surface area contributed by atoms with Crippen molar-refractivity contribution in [1.82, 2.24) is 14.8 Å². The number of nitrogens with zero attached hydrogens (tertiary/aromatic N) is 2. The van der Waals surface area contributed by atoms with E-state index < -0.39 is 0 Å². The first-order valence-electron chi connectivity index (χ1n) is 6.80. The molecule has 0 atom stereocenters. The molecule has 19 heavy (non-hydrogen) atoms. The van der Waals surface area contributed by atoms with Gasteiger partial charge >= 0.3 is 0 Å². The Morgan fingerprint density at radius 1 is 1.58 bits per heavy atom. The van der Waals surface area contributed by atoms with Crippen LogP contribution in [0.25, 0.3) is 0 Å². The van der Waals surface area contributed by atoms with Crippen molar-refractivity contribution in [3.8, 4) is 0 Å². The number of H-pyrrole nitrogens is 1. The maximum absolute atomic E-state index is 12.3. The molecule has 2 heterocycles. The molecule has 2 aromatic rings. The highest BCUT2D eigenvalue weighted by molar-refractivity contribution is 6.02. The SMILES string of the molecule is CCc1cc(NC(=O)c2cccn2C2CCC2)n[nH]1. The highest BCUT2D eigenvalue weighted by Gasteiger charge is 2.23. The molecule has 0 bridgehead atoms. The Bertz CT molecular complexity index is 580. The zero-order chi connectivity index (χ0) is 13.2. The van der Waals surface area contributed by atoms with Gasteiger partial charge in [-0.2, -0.15) is 5.10 Å². The largest absolute Gasteiger partial charge is 0.340 e. The second-order valence-corrected chi connectivity index (χ2v) is 4.97. The molecule has 0 radical (unpaired) electrons. The summed E-state index contributed by atoms with van der Waals surface area (Å²) in [6.45, 7) is 2.04. The Morgan fingerprint density at radius 2 is 2.42 bits per heavy atom. The number of aromatic nitrogens is 3. The molecule has 0 spiro atoms. The van der Waals surface area contributed by atoms with Crippen molar-refractivity contribution >= 4 is 11.7 Å². The molecule has 2 aromatic heterocycles. The van der Waals surface area contributed by atoms with E-state index in [0.29, 0.717) is 17.6 Å². The molecule has 0 aromatic carbocycles. The Kier molecular flexibility index (Phi) is 3.11. The van der Waals surface area contributed by atoms with Gasteiger partial charge in [0.1, 0.15) is 5.69 Å². The summed E-state index contributed by atoms with van der Waals surface area (Å²) in [5.41, 5.74) is 1.73. The number of aromatic amines is 1. The predicted molar refractivity (Wildman–Crippen MR) is 73.2 cm³/mol. The van der Waals surface area contributed by atoms with Gasteiger partial charge in [-0.15, -0.1) is 0 Å². The number of hydrogen-bond acceptors (Lipinski definition) is 2. The van der Waals surface area contributed by atoms with Gasteiger partial charge in [0, 0.05) is 24.0 Å². The summed E-state index contributed by atoms with van der Waals surface area (Å²) < 4.78 is 2.08. The number of amides is 1. The first-order valence-corrected chi connectivity index (χ1v) is 6.80. The van der Waals surface area contributed by atoms with Crippen molar-refractivity contribution in [2.24, 2.45) is 0 Å². The molecule has 0 saturated heterocycles. The minimum Gasteiger partial charge on any atom is -0.340 e. The average Bonchev–Trinajstić information content (AvgIpc) is 2.95.